The van der Waals surface area contributed by atoms with Crippen molar-refractivity contribution in [2.45, 2.75) is 26.3 Å². The van der Waals surface area contributed by atoms with E-state index in [1.165, 1.54) is 12.5 Å². The molecular formula is C15H22N2O3. The number of ether oxygens (including phenoxy) is 1. The molecule has 1 aromatic rings. The number of rotatable bonds is 8. The van der Waals surface area contributed by atoms with Crippen LogP contribution >= 0.6 is 0 Å². The molecule has 0 aliphatic heterocycles. The molecule has 1 rings (SSSR count). The highest BCUT2D eigenvalue weighted by molar-refractivity contribution is 5.83. The van der Waals surface area contributed by atoms with Crippen LogP contribution in [0.15, 0.2) is 24.3 Å². The third-order valence-electron chi connectivity index (χ3n) is 2.82. The molecule has 2 amide bonds. The van der Waals surface area contributed by atoms with Crippen molar-refractivity contribution in [1.29, 1.82) is 0 Å². The van der Waals surface area contributed by atoms with Crippen LogP contribution in [0.5, 0.6) is 0 Å². The van der Waals surface area contributed by atoms with Crippen molar-refractivity contribution in [3.05, 3.63) is 35.4 Å². The summed E-state index contributed by atoms with van der Waals surface area (Å²) in [5, 5.41) is 5.21. The predicted molar refractivity (Wildman–Crippen MR) is 77.2 cm³/mol. The lowest BCUT2D eigenvalue weighted by Crippen LogP contribution is -2.35. The zero-order valence-corrected chi connectivity index (χ0v) is 12.1. The second-order valence-corrected chi connectivity index (χ2v) is 4.60. The van der Waals surface area contributed by atoms with Crippen molar-refractivity contribution in [2.75, 3.05) is 20.3 Å². The average Bonchev–Trinajstić information content (AvgIpc) is 2.44. The van der Waals surface area contributed by atoms with Crippen LogP contribution in [-0.4, -0.2) is 32.1 Å². The fourth-order valence-electron chi connectivity index (χ4n) is 1.71. The minimum absolute atomic E-state index is 0.0183. The first-order valence-corrected chi connectivity index (χ1v) is 6.69. The van der Waals surface area contributed by atoms with E-state index in [4.69, 9.17) is 4.74 Å². The summed E-state index contributed by atoms with van der Waals surface area (Å²) in [7, 11) is 1.70. The average molecular weight is 278 g/mol. The maximum Gasteiger partial charge on any atom is 0.239 e. The van der Waals surface area contributed by atoms with Crippen LogP contribution in [0.3, 0.4) is 0 Å². The van der Waals surface area contributed by atoms with E-state index in [1.807, 2.05) is 12.1 Å². The largest absolute Gasteiger partial charge is 0.385 e. The Balaban J connectivity index is 2.30. The minimum Gasteiger partial charge on any atom is -0.385 e. The molecule has 0 radical (unpaired) electrons. The van der Waals surface area contributed by atoms with Crippen LogP contribution in [0.25, 0.3) is 0 Å². The highest BCUT2D eigenvalue weighted by atomic mass is 16.5. The van der Waals surface area contributed by atoms with E-state index in [2.05, 4.69) is 22.8 Å². The fraction of sp³-hybridized carbons (Fsp3) is 0.467. The van der Waals surface area contributed by atoms with E-state index < -0.39 is 0 Å². The van der Waals surface area contributed by atoms with E-state index in [0.717, 1.165) is 25.0 Å². The number of hydrogen-bond acceptors (Lipinski definition) is 3. The second kappa shape index (κ2) is 9.09. The van der Waals surface area contributed by atoms with Crippen LogP contribution in [0, 0.1) is 0 Å². The third-order valence-corrected chi connectivity index (χ3v) is 2.82. The molecule has 110 valence electrons. The van der Waals surface area contributed by atoms with Crippen LogP contribution in [0.1, 0.15) is 24.5 Å². The Hall–Kier alpha value is -1.88. The molecule has 20 heavy (non-hydrogen) atoms. The van der Waals surface area contributed by atoms with Gasteiger partial charge in [0.05, 0.1) is 6.54 Å². The van der Waals surface area contributed by atoms with Gasteiger partial charge in [-0.25, -0.2) is 0 Å². The summed E-state index contributed by atoms with van der Waals surface area (Å²) in [5.41, 5.74) is 2.30. The first-order valence-electron chi connectivity index (χ1n) is 6.69. The van der Waals surface area contributed by atoms with Crippen LogP contribution in [0.4, 0.5) is 0 Å². The molecule has 0 heterocycles. The Morgan fingerprint density at radius 2 is 1.75 bits per heavy atom. The van der Waals surface area contributed by atoms with E-state index in [-0.39, 0.29) is 18.4 Å². The van der Waals surface area contributed by atoms with E-state index in [9.17, 15) is 9.59 Å². The Morgan fingerprint density at radius 1 is 1.10 bits per heavy atom. The van der Waals surface area contributed by atoms with Gasteiger partial charge in [-0.15, -0.1) is 0 Å². The Morgan fingerprint density at radius 3 is 2.35 bits per heavy atom. The smallest absolute Gasteiger partial charge is 0.239 e. The summed E-state index contributed by atoms with van der Waals surface area (Å²) in [6, 6.07) is 8.12. The monoisotopic (exact) mass is 278 g/mol. The number of carbonyl (C=O) groups is 2. The molecule has 0 unspecified atom stereocenters. The molecule has 0 aromatic heterocycles. The van der Waals surface area contributed by atoms with E-state index in [0.29, 0.717) is 6.54 Å². The molecule has 0 spiro atoms. The molecule has 5 heteroatoms. The maximum absolute atomic E-state index is 11.4. The van der Waals surface area contributed by atoms with E-state index >= 15 is 0 Å². The molecule has 2 N–H and O–H groups in total. The molecule has 1 aromatic carbocycles. The molecule has 0 saturated carbocycles. The van der Waals surface area contributed by atoms with E-state index in [1.54, 1.807) is 7.11 Å². The first-order chi connectivity index (χ1) is 9.61. The van der Waals surface area contributed by atoms with Crippen molar-refractivity contribution in [3.63, 3.8) is 0 Å². The summed E-state index contributed by atoms with van der Waals surface area (Å²) in [6.07, 6.45) is 1.99. The van der Waals surface area contributed by atoms with Gasteiger partial charge in [0.25, 0.3) is 0 Å². The summed E-state index contributed by atoms with van der Waals surface area (Å²) < 4.78 is 5.01. The SMILES string of the molecule is COCCCc1ccc(CNC(=O)CNC(C)=O)cc1. The van der Waals surface area contributed by atoms with Gasteiger partial charge in [0.1, 0.15) is 0 Å². The minimum atomic E-state index is -0.208. The van der Waals surface area contributed by atoms with Crippen molar-refractivity contribution in [3.8, 4) is 0 Å². The van der Waals surface area contributed by atoms with Gasteiger partial charge in [0.2, 0.25) is 11.8 Å². The van der Waals surface area contributed by atoms with Gasteiger partial charge < -0.3 is 15.4 Å². The topological polar surface area (TPSA) is 67.4 Å². The van der Waals surface area contributed by atoms with Gasteiger partial charge in [-0.2, -0.15) is 0 Å². The van der Waals surface area contributed by atoms with Crippen LogP contribution in [-0.2, 0) is 27.3 Å². The Kier molecular flexibility index (Phi) is 7.35. The number of hydrogen-bond donors (Lipinski definition) is 2. The highest BCUT2D eigenvalue weighted by Crippen LogP contribution is 2.06. The number of amides is 2. The van der Waals surface area contributed by atoms with Crippen molar-refractivity contribution in [2.24, 2.45) is 0 Å². The number of nitrogens with one attached hydrogen (secondary N) is 2. The highest BCUT2D eigenvalue weighted by Gasteiger charge is 2.02. The summed E-state index contributed by atoms with van der Waals surface area (Å²) >= 11 is 0. The Labute approximate surface area is 119 Å². The van der Waals surface area contributed by atoms with Gasteiger partial charge in [0.15, 0.2) is 0 Å². The molecule has 5 nitrogen and oxygen atoms in total. The molecule has 0 atom stereocenters. The molecule has 0 bridgehead atoms. The van der Waals surface area contributed by atoms with Gasteiger partial charge in [-0.1, -0.05) is 24.3 Å². The number of aryl methyl sites for hydroxylation is 1. The zero-order chi connectivity index (χ0) is 14.8. The lowest BCUT2D eigenvalue weighted by molar-refractivity contribution is -0.125. The van der Waals surface area contributed by atoms with Crippen LogP contribution in [0.2, 0.25) is 0 Å². The number of benzene rings is 1. The molecule has 0 aliphatic rings. The van der Waals surface area contributed by atoms with Gasteiger partial charge in [0, 0.05) is 27.2 Å². The quantitative estimate of drug-likeness (QED) is 0.698. The zero-order valence-electron chi connectivity index (χ0n) is 12.1. The summed E-state index contributed by atoms with van der Waals surface area (Å²) in [6.45, 7) is 2.64. The second-order valence-electron chi connectivity index (χ2n) is 4.60. The lowest BCUT2D eigenvalue weighted by atomic mass is 10.1. The lowest BCUT2D eigenvalue weighted by Gasteiger charge is -2.07. The van der Waals surface area contributed by atoms with Gasteiger partial charge in [-0.05, 0) is 24.0 Å². The third kappa shape index (κ3) is 6.89. The molecule has 0 fully saturated rings. The summed E-state index contributed by atoms with van der Waals surface area (Å²) in [4.78, 5) is 22.1. The molecule has 0 aliphatic carbocycles. The normalized spacial score (nSPS) is 10.1. The van der Waals surface area contributed by atoms with Crippen molar-refractivity contribution in [1.82, 2.24) is 10.6 Å². The first kappa shape index (κ1) is 16.2. The maximum atomic E-state index is 11.4. The van der Waals surface area contributed by atoms with Crippen molar-refractivity contribution >= 4 is 11.8 Å². The van der Waals surface area contributed by atoms with Gasteiger partial charge >= 0.3 is 0 Å². The number of carbonyl (C=O) groups excluding carboxylic acids is 2. The van der Waals surface area contributed by atoms with Gasteiger partial charge in [-0.3, -0.25) is 9.59 Å². The Bertz CT molecular complexity index is 429. The van der Waals surface area contributed by atoms with Crippen molar-refractivity contribution < 1.29 is 14.3 Å². The standard InChI is InChI=1S/C15H22N2O3/c1-12(18)16-11-15(19)17-10-14-7-5-13(6-8-14)4-3-9-20-2/h5-8H,3-4,9-11H2,1-2H3,(H,16,18)(H,17,19). The molecular weight excluding hydrogens is 256 g/mol. The fourth-order valence-corrected chi connectivity index (χ4v) is 1.71. The predicted octanol–water partition coefficient (Wildman–Crippen LogP) is 1.02. The van der Waals surface area contributed by atoms with Crippen LogP contribution < -0.4 is 10.6 Å². The molecule has 0 saturated heterocycles. The summed E-state index contributed by atoms with van der Waals surface area (Å²) in [5.74, 6) is -0.398. The number of methoxy groups -OCH3 is 1.